The summed E-state index contributed by atoms with van der Waals surface area (Å²) in [5, 5.41) is 8.48. The highest BCUT2D eigenvalue weighted by Crippen LogP contribution is 2.30. The van der Waals surface area contributed by atoms with Gasteiger partial charge in [-0.05, 0) is 18.2 Å². The van der Waals surface area contributed by atoms with E-state index >= 15 is 0 Å². The molecule has 0 aromatic heterocycles. The lowest BCUT2D eigenvalue weighted by Gasteiger charge is -2.17. The van der Waals surface area contributed by atoms with Crippen LogP contribution in [0, 0.1) is 5.82 Å². The van der Waals surface area contributed by atoms with Gasteiger partial charge in [0, 0.05) is 25.1 Å². The average Bonchev–Trinajstić information content (AvgIpc) is 2.68. The van der Waals surface area contributed by atoms with Gasteiger partial charge in [0.25, 0.3) is 0 Å². The number of benzene rings is 1. The molecule has 1 amide bonds. The summed E-state index contributed by atoms with van der Waals surface area (Å²) >= 11 is 1.06. The van der Waals surface area contributed by atoms with Crippen LogP contribution in [0.2, 0.25) is 0 Å². The van der Waals surface area contributed by atoms with Crippen LogP contribution in [0.25, 0.3) is 0 Å². The molecule has 0 aliphatic carbocycles. The van der Waals surface area contributed by atoms with E-state index in [9.17, 15) is 18.8 Å². The van der Waals surface area contributed by atoms with Gasteiger partial charge in [-0.3, -0.25) is 9.59 Å². The third-order valence-electron chi connectivity index (χ3n) is 2.91. The number of carbonyl (C=O) groups excluding carboxylic acids is 2. The Kier molecular flexibility index (Phi) is 4.08. The number of hydrogen-bond acceptors (Lipinski definition) is 4. The molecular formula is C13H12FNO4S. The van der Waals surface area contributed by atoms with E-state index in [0.717, 1.165) is 17.8 Å². The van der Waals surface area contributed by atoms with Crippen molar-refractivity contribution in [3.05, 3.63) is 29.6 Å². The lowest BCUT2D eigenvalue weighted by molar-refractivity contribution is -0.117. The molecular weight excluding hydrogens is 285 g/mol. The van der Waals surface area contributed by atoms with Crippen LogP contribution in [0.3, 0.4) is 0 Å². The van der Waals surface area contributed by atoms with Crippen molar-refractivity contribution in [3.8, 4) is 0 Å². The second kappa shape index (κ2) is 5.62. The molecule has 1 unspecified atom stereocenters. The zero-order valence-corrected chi connectivity index (χ0v) is 11.4. The molecule has 1 aromatic carbocycles. The Morgan fingerprint density at radius 1 is 1.45 bits per heavy atom. The van der Waals surface area contributed by atoms with E-state index in [2.05, 4.69) is 0 Å². The predicted molar refractivity (Wildman–Crippen MR) is 72.4 cm³/mol. The van der Waals surface area contributed by atoms with Gasteiger partial charge in [0.15, 0.2) is 5.12 Å². The Balaban J connectivity index is 2.22. The molecule has 0 spiro atoms. The fourth-order valence-corrected chi connectivity index (χ4v) is 3.00. The first-order chi connectivity index (χ1) is 9.38. The van der Waals surface area contributed by atoms with Gasteiger partial charge in [0.05, 0.1) is 11.3 Å². The third-order valence-corrected chi connectivity index (χ3v) is 3.89. The first-order valence-electron chi connectivity index (χ1n) is 5.89. The molecule has 0 radical (unpaired) electrons. The van der Waals surface area contributed by atoms with Crippen molar-refractivity contribution in [1.29, 1.82) is 0 Å². The number of carboxylic acids is 1. The highest BCUT2D eigenvalue weighted by atomic mass is 32.2. The van der Waals surface area contributed by atoms with Gasteiger partial charge >= 0.3 is 5.97 Å². The largest absolute Gasteiger partial charge is 0.478 e. The number of rotatable bonds is 3. The highest BCUT2D eigenvalue weighted by molar-refractivity contribution is 8.14. The van der Waals surface area contributed by atoms with E-state index in [0.29, 0.717) is 0 Å². The van der Waals surface area contributed by atoms with Crippen molar-refractivity contribution < 1.29 is 23.9 Å². The Hall–Kier alpha value is -1.89. The second-order valence-corrected chi connectivity index (χ2v) is 5.89. The van der Waals surface area contributed by atoms with E-state index in [1.54, 1.807) is 0 Å². The van der Waals surface area contributed by atoms with Gasteiger partial charge in [-0.15, -0.1) is 0 Å². The van der Waals surface area contributed by atoms with Crippen LogP contribution in [-0.2, 0) is 9.59 Å². The fourth-order valence-electron chi connectivity index (χ4n) is 2.08. The number of thioether (sulfide) groups is 1. The first kappa shape index (κ1) is 14.5. The van der Waals surface area contributed by atoms with Gasteiger partial charge in [0.1, 0.15) is 5.82 Å². The summed E-state index contributed by atoms with van der Waals surface area (Å²) in [6.45, 7) is 1.66. The molecule has 2 rings (SSSR count). The molecule has 20 heavy (non-hydrogen) atoms. The van der Waals surface area contributed by atoms with Crippen LogP contribution in [0.5, 0.6) is 0 Å². The molecule has 1 N–H and O–H groups in total. The summed E-state index contributed by atoms with van der Waals surface area (Å²) in [5.74, 6) is -2.26. The second-order valence-electron chi connectivity index (χ2n) is 4.41. The standard InChI is InChI=1S/C13H12FNO4S/c1-7(16)20-9-5-12(17)15(6-9)11-3-2-8(13(18)19)4-10(11)14/h2-4,9H,5-6H2,1H3,(H,18,19). The molecule has 7 heteroatoms. The van der Waals surface area contributed by atoms with Crippen molar-refractivity contribution >= 4 is 34.4 Å². The summed E-state index contributed by atoms with van der Waals surface area (Å²) in [5.41, 5.74) is -0.126. The minimum absolute atomic E-state index is 0.0478. The maximum absolute atomic E-state index is 13.9. The summed E-state index contributed by atoms with van der Waals surface area (Å²) in [6.07, 6.45) is 0.171. The van der Waals surface area contributed by atoms with Gasteiger partial charge in [-0.2, -0.15) is 0 Å². The number of halogens is 1. The molecule has 1 heterocycles. The Labute approximate surface area is 118 Å². The minimum Gasteiger partial charge on any atom is -0.478 e. The molecule has 1 atom stereocenters. The lowest BCUT2D eigenvalue weighted by Crippen LogP contribution is -2.26. The van der Waals surface area contributed by atoms with Gasteiger partial charge in [-0.1, -0.05) is 11.8 Å². The monoisotopic (exact) mass is 297 g/mol. The molecule has 1 aliphatic heterocycles. The van der Waals surface area contributed by atoms with E-state index in [1.165, 1.54) is 24.0 Å². The number of anilines is 1. The zero-order valence-electron chi connectivity index (χ0n) is 10.6. The van der Waals surface area contributed by atoms with Crippen molar-refractivity contribution in [2.75, 3.05) is 11.4 Å². The number of amides is 1. The highest BCUT2D eigenvalue weighted by Gasteiger charge is 2.33. The van der Waals surface area contributed by atoms with Crippen molar-refractivity contribution in [2.45, 2.75) is 18.6 Å². The smallest absolute Gasteiger partial charge is 0.335 e. The van der Waals surface area contributed by atoms with Crippen molar-refractivity contribution in [3.63, 3.8) is 0 Å². The van der Waals surface area contributed by atoms with Gasteiger partial charge in [0.2, 0.25) is 5.91 Å². The molecule has 0 bridgehead atoms. The van der Waals surface area contributed by atoms with Crippen LogP contribution in [0.4, 0.5) is 10.1 Å². The molecule has 1 saturated heterocycles. The first-order valence-corrected chi connectivity index (χ1v) is 6.77. The molecule has 1 aromatic rings. The number of hydrogen-bond donors (Lipinski definition) is 1. The van der Waals surface area contributed by atoms with Crippen LogP contribution >= 0.6 is 11.8 Å². The normalized spacial score (nSPS) is 18.4. The van der Waals surface area contributed by atoms with Crippen LogP contribution < -0.4 is 4.90 Å². The van der Waals surface area contributed by atoms with Gasteiger partial charge in [-0.25, -0.2) is 9.18 Å². The summed E-state index contributed by atoms with van der Waals surface area (Å²) in [4.78, 5) is 34.9. The SMILES string of the molecule is CC(=O)SC1CC(=O)N(c2ccc(C(=O)O)cc2F)C1. The maximum atomic E-state index is 13.9. The minimum atomic E-state index is -1.23. The topological polar surface area (TPSA) is 74.7 Å². The Morgan fingerprint density at radius 2 is 2.15 bits per heavy atom. The number of aromatic carboxylic acids is 1. The molecule has 106 valence electrons. The van der Waals surface area contributed by atoms with Crippen molar-refractivity contribution in [1.82, 2.24) is 0 Å². The fraction of sp³-hybridized carbons (Fsp3) is 0.308. The zero-order chi connectivity index (χ0) is 14.9. The van der Waals surface area contributed by atoms with Crippen LogP contribution in [0.1, 0.15) is 23.7 Å². The molecule has 0 saturated carbocycles. The van der Waals surface area contributed by atoms with Gasteiger partial charge < -0.3 is 10.0 Å². The Morgan fingerprint density at radius 3 is 2.70 bits per heavy atom. The quantitative estimate of drug-likeness (QED) is 0.922. The van der Waals surface area contributed by atoms with E-state index in [-0.39, 0.29) is 40.5 Å². The Bertz CT molecular complexity index is 590. The van der Waals surface area contributed by atoms with E-state index in [1.807, 2.05) is 0 Å². The molecule has 1 fully saturated rings. The van der Waals surface area contributed by atoms with Crippen LogP contribution in [-0.4, -0.2) is 33.9 Å². The van der Waals surface area contributed by atoms with E-state index in [4.69, 9.17) is 5.11 Å². The maximum Gasteiger partial charge on any atom is 0.335 e. The third kappa shape index (κ3) is 2.98. The van der Waals surface area contributed by atoms with Crippen molar-refractivity contribution in [2.24, 2.45) is 0 Å². The lowest BCUT2D eigenvalue weighted by atomic mass is 10.2. The van der Waals surface area contributed by atoms with Crippen LogP contribution in [0.15, 0.2) is 18.2 Å². The molecule has 5 nitrogen and oxygen atoms in total. The summed E-state index contributed by atoms with van der Waals surface area (Å²) in [7, 11) is 0. The summed E-state index contributed by atoms with van der Waals surface area (Å²) in [6, 6.07) is 3.41. The predicted octanol–water partition coefficient (Wildman–Crippen LogP) is 1.91. The summed E-state index contributed by atoms with van der Waals surface area (Å²) < 4.78 is 13.9. The number of nitrogens with zero attached hydrogens (tertiary/aromatic N) is 1. The number of carbonyl (C=O) groups is 3. The average molecular weight is 297 g/mol. The van der Waals surface area contributed by atoms with E-state index < -0.39 is 11.8 Å². The number of carboxylic acid groups (broad SMARTS) is 1. The molecule has 1 aliphatic rings.